The molecular weight excluding hydrogens is 430 g/mol. The molecule has 0 atom stereocenters. The van der Waals surface area contributed by atoms with Gasteiger partial charge in [0.25, 0.3) is 11.5 Å². The number of methoxy groups -OCH3 is 2. The van der Waals surface area contributed by atoms with Crippen molar-refractivity contribution in [1.29, 1.82) is 0 Å². The van der Waals surface area contributed by atoms with Crippen molar-refractivity contribution in [2.45, 2.75) is 13.3 Å². The Morgan fingerprint density at radius 1 is 1.16 bits per heavy atom. The lowest BCUT2D eigenvalue weighted by atomic mass is 10.2. The summed E-state index contributed by atoms with van der Waals surface area (Å²) in [5.41, 5.74) is 1.31. The molecule has 1 amide bonds. The van der Waals surface area contributed by atoms with Crippen LogP contribution < -0.4 is 20.3 Å². The van der Waals surface area contributed by atoms with Gasteiger partial charge < -0.3 is 14.8 Å². The largest absolute Gasteiger partial charge is 0.497 e. The summed E-state index contributed by atoms with van der Waals surface area (Å²) in [6.45, 7) is 1.91. The number of carbonyl (C=O) groups excluding carboxylic acids is 1. The lowest BCUT2D eigenvalue weighted by molar-refractivity contribution is 0.102. The molecule has 0 unspecified atom stereocenters. The topological polar surface area (TPSA) is 111 Å². The van der Waals surface area contributed by atoms with Crippen LogP contribution >= 0.6 is 11.3 Å². The second-order valence-corrected chi connectivity index (χ2v) is 7.72. The molecule has 0 bridgehead atoms. The van der Waals surface area contributed by atoms with E-state index in [2.05, 4.69) is 20.4 Å². The minimum atomic E-state index is -0.393. The van der Waals surface area contributed by atoms with E-state index in [1.54, 1.807) is 24.3 Å². The van der Waals surface area contributed by atoms with Crippen molar-refractivity contribution in [3.8, 4) is 28.0 Å². The quantitative estimate of drug-likeness (QED) is 0.445. The van der Waals surface area contributed by atoms with Crippen molar-refractivity contribution in [1.82, 2.24) is 19.7 Å². The van der Waals surface area contributed by atoms with Crippen LogP contribution in [0.2, 0.25) is 0 Å². The van der Waals surface area contributed by atoms with Gasteiger partial charge in [-0.15, -0.1) is 11.3 Å². The molecule has 4 rings (SSSR count). The third-order valence-corrected chi connectivity index (χ3v) is 5.58. The van der Waals surface area contributed by atoms with Gasteiger partial charge in [0.15, 0.2) is 0 Å². The van der Waals surface area contributed by atoms with Gasteiger partial charge in [-0.2, -0.15) is 9.78 Å². The van der Waals surface area contributed by atoms with Crippen LogP contribution in [0.15, 0.2) is 52.6 Å². The molecule has 164 valence electrons. The molecule has 3 heterocycles. The van der Waals surface area contributed by atoms with Crippen LogP contribution in [0.3, 0.4) is 0 Å². The average Bonchev–Trinajstić information content (AvgIpc) is 3.48. The first-order chi connectivity index (χ1) is 15.5. The Labute approximate surface area is 187 Å². The molecule has 0 saturated carbocycles. The Kier molecular flexibility index (Phi) is 6.04. The van der Waals surface area contributed by atoms with E-state index in [9.17, 15) is 9.59 Å². The molecule has 32 heavy (non-hydrogen) atoms. The molecular formula is C22H21N5O4S. The van der Waals surface area contributed by atoms with Gasteiger partial charge in [-0.25, -0.2) is 4.98 Å². The number of hydrogen-bond donors (Lipinski definition) is 2. The van der Waals surface area contributed by atoms with E-state index >= 15 is 0 Å². The van der Waals surface area contributed by atoms with E-state index in [1.165, 1.54) is 36.3 Å². The fourth-order valence-corrected chi connectivity index (χ4v) is 3.76. The summed E-state index contributed by atoms with van der Waals surface area (Å²) in [7, 11) is 3.03. The summed E-state index contributed by atoms with van der Waals surface area (Å²) in [5.74, 6) is 1.16. The number of ether oxygens (including phenoxy) is 2. The molecule has 9 nitrogen and oxygen atoms in total. The van der Waals surface area contributed by atoms with Crippen molar-refractivity contribution in [2.75, 3.05) is 19.5 Å². The van der Waals surface area contributed by atoms with Crippen molar-refractivity contribution in [3.05, 3.63) is 69.5 Å². The molecule has 3 aromatic heterocycles. The Bertz CT molecular complexity index is 1290. The highest BCUT2D eigenvalue weighted by molar-refractivity contribution is 7.13. The SMILES string of the molecule is CCc1cc(=O)[nH]c(-n2nc(-c3cccs3)cc2NC(=O)c2cc(OC)cc(OC)c2)n1. The summed E-state index contributed by atoms with van der Waals surface area (Å²) in [4.78, 5) is 33.3. The molecule has 0 saturated heterocycles. The first-order valence-electron chi connectivity index (χ1n) is 9.79. The molecule has 0 fully saturated rings. The molecule has 1 aromatic carbocycles. The average molecular weight is 452 g/mol. The highest BCUT2D eigenvalue weighted by Gasteiger charge is 2.18. The third kappa shape index (κ3) is 4.40. The number of hydrogen-bond acceptors (Lipinski definition) is 7. The van der Waals surface area contributed by atoms with Gasteiger partial charge in [0, 0.05) is 29.5 Å². The summed E-state index contributed by atoms with van der Waals surface area (Å²) < 4.78 is 11.9. The predicted octanol–water partition coefficient (Wildman–Crippen LogP) is 3.52. The van der Waals surface area contributed by atoms with Crippen LogP contribution in [0.1, 0.15) is 23.0 Å². The summed E-state index contributed by atoms with van der Waals surface area (Å²) in [6, 6.07) is 11.9. The maximum Gasteiger partial charge on any atom is 0.257 e. The lowest BCUT2D eigenvalue weighted by Crippen LogP contribution is -2.19. The summed E-state index contributed by atoms with van der Waals surface area (Å²) >= 11 is 1.52. The van der Waals surface area contributed by atoms with Crippen molar-refractivity contribution in [2.24, 2.45) is 0 Å². The zero-order valence-corrected chi connectivity index (χ0v) is 18.5. The smallest absolute Gasteiger partial charge is 0.257 e. The molecule has 4 aromatic rings. The normalized spacial score (nSPS) is 10.7. The fourth-order valence-electron chi connectivity index (χ4n) is 3.08. The van der Waals surface area contributed by atoms with Gasteiger partial charge in [0.2, 0.25) is 5.95 Å². The number of rotatable bonds is 7. The second-order valence-electron chi connectivity index (χ2n) is 6.77. The third-order valence-electron chi connectivity index (χ3n) is 4.68. The Hall–Kier alpha value is -3.92. The van der Waals surface area contributed by atoms with Crippen LogP contribution in [-0.4, -0.2) is 39.9 Å². The predicted molar refractivity (Wildman–Crippen MR) is 122 cm³/mol. The summed E-state index contributed by atoms with van der Waals surface area (Å²) in [6.07, 6.45) is 0.585. The second kappa shape index (κ2) is 9.06. The number of carbonyl (C=O) groups is 1. The van der Waals surface area contributed by atoms with E-state index in [-0.39, 0.29) is 11.5 Å². The van der Waals surface area contributed by atoms with Crippen LogP contribution in [0.25, 0.3) is 16.5 Å². The van der Waals surface area contributed by atoms with E-state index in [0.29, 0.717) is 40.7 Å². The highest BCUT2D eigenvalue weighted by atomic mass is 32.1. The number of thiophene rings is 1. The Morgan fingerprint density at radius 2 is 1.91 bits per heavy atom. The van der Waals surface area contributed by atoms with Crippen LogP contribution in [-0.2, 0) is 6.42 Å². The molecule has 10 heteroatoms. The molecule has 0 radical (unpaired) electrons. The first kappa shape index (κ1) is 21.3. The molecule has 0 spiro atoms. The highest BCUT2D eigenvalue weighted by Crippen LogP contribution is 2.28. The standard InChI is InChI=1S/C22H21N5O4S/c1-4-14-10-20(28)25-22(23-14)27-19(12-17(26-27)18-6-5-7-32-18)24-21(29)13-8-15(30-2)11-16(9-13)31-3/h5-12H,4H2,1-3H3,(H,24,29)(H,23,25,28). The molecule has 0 aliphatic carbocycles. The van der Waals surface area contributed by atoms with Gasteiger partial charge >= 0.3 is 0 Å². The van der Waals surface area contributed by atoms with Gasteiger partial charge in [0.1, 0.15) is 23.0 Å². The maximum atomic E-state index is 13.1. The van der Waals surface area contributed by atoms with Gasteiger partial charge in [-0.3, -0.25) is 14.6 Å². The Balaban J connectivity index is 1.77. The zero-order chi connectivity index (χ0) is 22.7. The van der Waals surface area contributed by atoms with Gasteiger partial charge in [0.05, 0.1) is 19.1 Å². The van der Waals surface area contributed by atoms with Gasteiger partial charge in [-0.1, -0.05) is 13.0 Å². The van der Waals surface area contributed by atoms with Crippen molar-refractivity contribution < 1.29 is 14.3 Å². The number of aryl methyl sites for hydroxylation is 1. The lowest BCUT2D eigenvalue weighted by Gasteiger charge is -2.10. The minimum absolute atomic E-state index is 0.218. The Morgan fingerprint density at radius 3 is 2.53 bits per heavy atom. The number of amides is 1. The van der Waals surface area contributed by atoms with E-state index in [4.69, 9.17) is 9.47 Å². The van der Waals surface area contributed by atoms with Crippen LogP contribution in [0.4, 0.5) is 5.82 Å². The van der Waals surface area contributed by atoms with Crippen molar-refractivity contribution >= 4 is 23.1 Å². The first-order valence-corrected chi connectivity index (χ1v) is 10.7. The van der Waals surface area contributed by atoms with E-state index < -0.39 is 5.91 Å². The summed E-state index contributed by atoms with van der Waals surface area (Å²) in [5, 5.41) is 9.38. The number of anilines is 1. The number of aromatic nitrogens is 4. The molecule has 2 N–H and O–H groups in total. The van der Waals surface area contributed by atoms with E-state index in [1.807, 2.05) is 24.4 Å². The number of benzene rings is 1. The van der Waals surface area contributed by atoms with Crippen molar-refractivity contribution in [3.63, 3.8) is 0 Å². The van der Waals surface area contributed by atoms with Crippen LogP contribution in [0, 0.1) is 0 Å². The maximum absolute atomic E-state index is 13.1. The van der Waals surface area contributed by atoms with Gasteiger partial charge in [-0.05, 0) is 30.0 Å². The fraction of sp³-hybridized carbons (Fsp3) is 0.182. The minimum Gasteiger partial charge on any atom is -0.497 e. The van der Waals surface area contributed by atoms with Crippen LogP contribution in [0.5, 0.6) is 11.5 Å². The zero-order valence-electron chi connectivity index (χ0n) is 17.7. The van der Waals surface area contributed by atoms with E-state index in [0.717, 1.165) is 4.88 Å². The monoisotopic (exact) mass is 451 g/mol. The number of nitrogens with one attached hydrogen (secondary N) is 2. The number of aromatic amines is 1. The molecule has 0 aliphatic rings. The number of nitrogens with zero attached hydrogens (tertiary/aromatic N) is 3. The molecule has 0 aliphatic heterocycles. The number of H-pyrrole nitrogens is 1.